The van der Waals surface area contributed by atoms with Crippen LogP contribution in [0.3, 0.4) is 0 Å². The topological polar surface area (TPSA) is 160 Å². The van der Waals surface area contributed by atoms with Crippen molar-refractivity contribution in [2.24, 2.45) is 19.5 Å². The van der Waals surface area contributed by atoms with Gasteiger partial charge in [0.05, 0.1) is 28.1 Å². The van der Waals surface area contributed by atoms with Gasteiger partial charge in [-0.3, -0.25) is 18.8 Å². The second-order valence-electron chi connectivity index (χ2n) is 20.7. The average Bonchev–Trinajstić information content (AvgIpc) is 4.11. The third-order valence-electron chi connectivity index (χ3n) is 14.6. The molecule has 15 heteroatoms. The molecule has 0 spiro atoms. The molecule has 0 aliphatic carbocycles. The summed E-state index contributed by atoms with van der Waals surface area (Å²) in [5.41, 5.74) is 13.4. The number of benzene rings is 5. The maximum absolute atomic E-state index is 13.6. The molecule has 9 aromatic rings. The van der Waals surface area contributed by atoms with Gasteiger partial charge in [0.15, 0.2) is 5.52 Å². The average molecular weight is 1040 g/mol. The molecule has 76 heavy (non-hydrogen) atoms. The van der Waals surface area contributed by atoms with Crippen LogP contribution in [0, 0.1) is 12.3 Å². The first-order chi connectivity index (χ1) is 36.7. The van der Waals surface area contributed by atoms with Crippen LogP contribution >= 0.6 is 11.6 Å². The SMILES string of the molecule is C=C(CNCc1ccc(-c2c3ncn(CC4(C)CCN(C)CC4)c(=O)c3nn2C)cc1)NCCCNC(=O)c1cc(Cc2nc3cc(-c4ccc5c(ccn5C)c4)c(Cl)cc3[nH]2)ccc1C.O=CCCc1ccccc1. The number of halogens is 1. The Balaban J connectivity index is 0.000000634. The summed E-state index contributed by atoms with van der Waals surface area (Å²) < 4.78 is 5.61. The van der Waals surface area contributed by atoms with E-state index in [1.807, 2.05) is 81.7 Å². The van der Waals surface area contributed by atoms with Crippen LogP contribution in [0.1, 0.15) is 71.0 Å². The van der Waals surface area contributed by atoms with Gasteiger partial charge in [-0.05, 0) is 122 Å². The molecule has 392 valence electrons. The zero-order chi connectivity index (χ0) is 53.3. The number of rotatable bonds is 19. The van der Waals surface area contributed by atoms with Crippen LogP contribution in [0.2, 0.25) is 5.02 Å². The van der Waals surface area contributed by atoms with E-state index in [0.717, 1.165) is 112 Å². The quantitative estimate of drug-likeness (QED) is 0.0457. The molecule has 14 nitrogen and oxygen atoms in total. The third kappa shape index (κ3) is 12.7. The van der Waals surface area contributed by atoms with E-state index in [2.05, 4.69) is 111 Å². The van der Waals surface area contributed by atoms with Gasteiger partial charge < -0.3 is 35.2 Å². The van der Waals surface area contributed by atoms with Gasteiger partial charge in [0.2, 0.25) is 0 Å². The molecule has 1 saturated heterocycles. The number of fused-ring (bicyclic) bond motifs is 3. The van der Waals surface area contributed by atoms with Gasteiger partial charge in [-0.15, -0.1) is 0 Å². The van der Waals surface area contributed by atoms with Gasteiger partial charge >= 0.3 is 0 Å². The first-order valence-corrected chi connectivity index (χ1v) is 26.5. The maximum Gasteiger partial charge on any atom is 0.281 e. The van der Waals surface area contributed by atoms with Gasteiger partial charge in [-0.2, -0.15) is 5.10 Å². The zero-order valence-electron chi connectivity index (χ0n) is 44.3. The lowest BCUT2D eigenvalue weighted by molar-refractivity contribution is -0.107. The first-order valence-electron chi connectivity index (χ1n) is 26.2. The van der Waals surface area contributed by atoms with E-state index in [4.69, 9.17) is 21.6 Å². The summed E-state index contributed by atoms with van der Waals surface area (Å²) in [4.78, 5) is 52.3. The highest BCUT2D eigenvalue weighted by Crippen LogP contribution is 2.35. The van der Waals surface area contributed by atoms with Gasteiger partial charge in [0.25, 0.3) is 11.5 Å². The summed E-state index contributed by atoms with van der Waals surface area (Å²) in [7, 11) is 6.06. The van der Waals surface area contributed by atoms with Crippen molar-refractivity contribution in [1.82, 2.24) is 54.7 Å². The van der Waals surface area contributed by atoms with Crippen molar-refractivity contribution >= 4 is 56.8 Å². The molecular weight excluding hydrogens is 970 g/mol. The fourth-order valence-electron chi connectivity index (χ4n) is 10.0. The highest BCUT2D eigenvalue weighted by molar-refractivity contribution is 6.34. The lowest BCUT2D eigenvalue weighted by atomic mass is 9.80. The molecule has 1 fully saturated rings. The molecule has 1 aliphatic rings. The maximum atomic E-state index is 13.6. The molecule has 0 unspecified atom stereocenters. The minimum Gasteiger partial charge on any atom is -0.388 e. The lowest BCUT2D eigenvalue weighted by Crippen LogP contribution is -2.40. The normalized spacial score (nSPS) is 13.4. The Labute approximate surface area is 449 Å². The molecule has 5 heterocycles. The van der Waals surface area contributed by atoms with Crippen molar-refractivity contribution < 1.29 is 9.59 Å². The van der Waals surface area contributed by atoms with Crippen LogP contribution in [-0.2, 0) is 44.8 Å². The minimum absolute atomic E-state index is 0.0630. The standard InChI is InChI=1S/C52H58ClN11O2.C9H10O/c1-33-8-9-36(25-46-58-43-27-41(42(53)28-44(43)59-46)38-14-15-45-39(26-38)16-21-62(45)5)24-40(33)50(65)56-20-7-19-55-34(2)29-54-30-35-10-12-37(13-11-35)49-47-48(60-63(49)6)51(66)64(32-57-47)31-52(3)17-22-61(4)23-18-52;10-8-4-7-9-5-2-1-3-6-9/h8-16,21,24,26-28,32,54-55H,2,7,17-20,22-23,25,29-31H2,1,3-6H3,(H,56,65)(H,58,59);1-3,5-6,8H,4,7H2. The van der Waals surface area contributed by atoms with E-state index in [0.29, 0.717) is 67.2 Å². The Hall–Kier alpha value is -7.65. The Kier molecular flexibility index (Phi) is 16.7. The Bertz CT molecular complexity index is 3570. The number of aryl methyl sites for hydroxylation is 4. The van der Waals surface area contributed by atoms with Gasteiger partial charge in [0, 0.05) is 99.1 Å². The van der Waals surface area contributed by atoms with Crippen LogP contribution in [-0.4, -0.2) is 90.7 Å². The van der Waals surface area contributed by atoms with Crippen LogP contribution in [0.5, 0.6) is 0 Å². The monoisotopic (exact) mass is 1040 g/mol. The second-order valence-corrected chi connectivity index (χ2v) is 21.1. The Morgan fingerprint density at radius 1 is 0.868 bits per heavy atom. The molecule has 4 N–H and O–H groups in total. The number of carbonyl (C=O) groups excluding carboxylic acids is 2. The summed E-state index contributed by atoms with van der Waals surface area (Å²) in [5.74, 6) is 0.709. The van der Waals surface area contributed by atoms with Crippen molar-refractivity contribution in [1.29, 1.82) is 0 Å². The van der Waals surface area contributed by atoms with Crippen LogP contribution in [0.4, 0.5) is 0 Å². The molecule has 0 atom stereocenters. The number of aldehydes is 1. The van der Waals surface area contributed by atoms with Crippen molar-refractivity contribution in [2.75, 3.05) is 39.8 Å². The molecule has 4 aromatic heterocycles. The number of likely N-dealkylation sites (tertiary alicyclic amines) is 1. The molecule has 5 aromatic carbocycles. The van der Waals surface area contributed by atoms with Crippen molar-refractivity contribution in [2.45, 2.75) is 65.5 Å². The summed E-state index contributed by atoms with van der Waals surface area (Å²) in [6.45, 7) is 13.6. The number of hydrogen-bond acceptors (Lipinski definition) is 9. The molecular formula is C61H68ClN11O3. The van der Waals surface area contributed by atoms with Crippen LogP contribution < -0.4 is 21.5 Å². The molecule has 10 rings (SSSR count). The Morgan fingerprint density at radius 2 is 1.62 bits per heavy atom. The first kappa shape index (κ1) is 53.2. The minimum atomic E-state index is -0.0961. The number of aromatic amines is 1. The van der Waals surface area contributed by atoms with Gasteiger partial charge in [0.1, 0.15) is 17.6 Å². The number of carbonyl (C=O) groups is 2. The predicted molar refractivity (Wildman–Crippen MR) is 307 cm³/mol. The smallest absolute Gasteiger partial charge is 0.281 e. The number of amides is 1. The molecule has 0 saturated carbocycles. The molecule has 1 amide bonds. The number of aromatic nitrogens is 7. The van der Waals surface area contributed by atoms with Crippen LogP contribution in [0.25, 0.3) is 55.4 Å². The van der Waals surface area contributed by atoms with E-state index >= 15 is 0 Å². The number of H-pyrrole nitrogens is 1. The zero-order valence-corrected chi connectivity index (χ0v) is 45.0. The Morgan fingerprint density at radius 3 is 2.39 bits per heavy atom. The van der Waals surface area contributed by atoms with E-state index in [1.165, 1.54) is 11.1 Å². The summed E-state index contributed by atoms with van der Waals surface area (Å²) in [5, 5.41) is 16.4. The van der Waals surface area contributed by atoms with Crippen molar-refractivity contribution in [3.05, 3.63) is 183 Å². The van der Waals surface area contributed by atoms with Crippen LogP contribution in [0.15, 0.2) is 139 Å². The third-order valence-corrected chi connectivity index (χ3v) is 14.9. The number of imidazole rings is 1. The summed E-state index contributed by atoms with van der Waals surface area (Å²) in [6, 6.07) is 36.7. The lowest BCUT2D eigenvalue weighted by Gasteiger charge is -2.38. The highest BCUT2D eigenvalue weighted by atomic mass is 35.5. The second kappa shape index (κ2) is 23.9. The predicted octanol–water partition coefficient (Wildman–Crippen LogP) is 9.95. The number of piperidine rings is 1. The fraction of sp³-hybridized carbons (Fsp3) is 0.311. The largest absolute Gasteiger partial charge is 0.388 e. The van der Waals surface area contributed by atoms with Gasteiger partial charge in [-0.25, -0.2) is 9.97 Å². The van der Waals surface area contributed by atoms with Crippen molar-refractivity contribution in [3.63, 3.8) is 0 Å². The highest BCUT2D eigenvalue weighted by Gasteiger charge is 2.30. The van der Waals surface area contributed by atoms with E-state index in [1.54, 1.807) is 15.6 Å². The molecule has 0 bridgehead atoms. The van der Waals surface area contributed by atoms with E-state index in [-0.39, 0.29) is 16.9 Å². The number of nitrogens with zero attached hydrogens (tertiary/aromatic N) is 7. The number of hydrogen-bond donors (Lipinski definition) is 4. The fourth-order valence-corrected chi connectivity index (χ4v) is 10.3. The molecule has 1 aliphatic heterocycles. The summed E-state index contributed by atoms with van der Waals surface area (Å²) >= 11 is 6.79. The summed E-state index contributed by atoms with van der Waals surface area (Å²) in [6.07, 6.45) is 9.59. The van der Waals surface area contributed by atoms with Gasteiger partial charge in [-0.1, -0.05) is 97.9 Å². The molecule has 0 radical (unpaired) electrons. The van der Waals surface area contributed by atoms with E-state index in [9.17, 15) is 14.4 Å². The van der Waals surface area contributed by atoms with E-state index < -0.39 is 0 Å². The van der Waals surface area contributed by atoms with Crippen molar-refractivity contribution in [3.8, 4) is 22.4 Å². The number of nitrogens with one attached hydrogen (secondary N) is 4.